The van der Waals surface area contributed by atoms with E-state index in [4.69, 9.17) is 21.7 Å². The summed E-state index contributed by atoms with van der Waals surface area (Å²) in [4.78, 5) is 12.7. The maximum Gasteiger partial charge on any atom is 0.261 e. The van der Waals surface area contributed by atoms with Crippen LogP contribution < -0.4 is 20.1 Å². The van der Waals surface area contributed by atoms with Crippen LogP contribution in [0.5, 0.6) is 5.75 Å². The van der Waals surface area contributed by atoms with E-state index >= 15 is 0 Å². The number of amides is 1. The molecule has 0 aliphatic rings. The minimum Gasteiger partial charge on any atom is -0.491 e. The number of anilines is 2. The quantitative estimate of drug-likeness (QED) is 0.260. The summed E-state index contributed by atoms with van der Waals surface area (Å²) >= 11 is 5.24. The predicted molar refractivity (Wildman–Crippen MR) is 145 cm³/mol. The lowest BCUT2D eigenvalue weighted by Crippen LogP contribution is -2.34. The Kier molecular flexibility index (Phi) is 9.40. The van der Waals surface area contributed by atoms with Gasteiger partial charge in [0, 0.05) is 23.5 Å². The van der Waals surface area contributed by atoms with Gasteiger partial charge in [0.15, 0.2) is 5.11 Å². The molecule has 0 spiro atoms. The Morgan fingerprint density at radius 3 is 2.28 bits per heavy atom. The molecule has 0 saturated heterocycles. The normalized spacial score (nSPS) is 11.0. The monoisotopic (exact) mass is 527 g/mol. The Hall–Kier alpha value is -3.47. The van der Waals surface area contributed by atoms with E-state index in [-0.39, 0.29) is 10.0 Å². The molecule has 8 nitrogen and oxygen atoms in total. The van der Waals surface area contributed by atoms with E-state index in [0.717, 1.165) is 11.1 Å². The molecule has 3 aromatic rings. The van der Waals surface area contributed by atoms with Crippen LogP contribution in [0.3, 0.4) is 0 Å². The molecule has 0 bridgehead atoms. The molecule has 190 valence electrons. The third-order valence-electron chi connectivity index (χ3n) is 4.92. The van der Waals surface area contributed by atoms with E-state index in [0.29, 0.717) is 42.5 Å². The number of carbonyl (C=O) groups is 1. The largest absolute Gasteiger partial charge is 0.491 e. The van der Waals surface area contributed by atoms with Crippen molar-refractivity contribution in [3.8, 4) is 5.75 Å². The first-order valence-corrected chi connectivity index (χ1v) is 13.2. The summed E-state index contributed by atoms with van der Waals surface area (Å²) < 4.78 is 38.9. The summed E-state index contributed by atoms with van der Waals surface area (Å²) in [5.74, 6) is 0.145. The zero-order valence-electron chi connectivity index (χ0n) is 20.3. The first-order valence-electron chi connectivity index (χ1n) is 11.3. The Morgan fingerprint density at radius 2 is 1.61 bits per heavy atom. The van der Waals surface area contributed by atoms with Gasteiger partial charge in [-0.3, -0.25) is 14.8 Å². The lowest BCUT2D eigenvalue weighted by atomic mass is 10.1. The van der Waals surface area contributed by atoms with Crippen LogP contribution in [0.4, 0.5) is 11.4 Å². The smallest absolute Gasteiger partial charge is 0.261 e. The zero-order valence-corrected chi connectivity index (χ0v) is 22.0. The van der Waals surface area contributed by atoms with Crippen LogP contribution in [0.15, 0.2) is 71.6 Å². The van der Waals surface area contributed by atoms with Crippen molar-refractivity contribution in [1.82, 2.24) is 5.32 Å². The van der Waals surface area contributed by atoms with Gasteiger partial charge in [-0.25, -0.2) is 8.42 Å². The number of ether oxygens (including phenoxy) is 2. The molecule has 1 amide bonds. The Morgan fingerprint density at radius 1 is 0.917 bits per heavy atom. The van der Waals surface area contributed by atoms with Crippen molar-refractivity contribution in [2.75, 3.05) is 29.9 Å². The maximum atomic E-state index is 12.8. The van der Waals surface area contributed by atoms with Gasteiger partial charge in [0.05, 0.1) is 11.5 Å². The molecule has 36 heavy (non-hydrogen) atoms. The molecule has 0 aliphatic heterocycles. The number of hydrogen-bond donors (Lipinski definition) is 3. The fourth-order valence-electron chi connectivity index (χ4n) is 3.39. The third-order valence-corrected chi connectivity index (χ3v) is 6.52. The van der Waals surface area contributed by atoms with Crippen LogP contribution in [-0.4, -0.2) is 39.3 Å². The summed E-state index contributed by atoms with van der Waals surface area (Å²) in [5, 5.41) is 5.57. The molecule has 0 aromatic heterocycles. The summed E-state index contributed by atoms with van der Waals surface area (Å²) in [7, 11) is -3.76. The fraction of sp³-hybridized carbons (Fsp3) is 0.231. The molecule has 0 aliphatic carbocycles. The first-order chi connectivity index (χ1) is 17.2. The second-order valence-electron chi connectivity index (χ2n) is 7.99. The van der Waals surface area contributed by atoms with Crippen LogP contribution >= 0.6 is 12.2 Å². The predicted octanol–water partition coefficient (Wildman–Crippen LogP) is 4.65. The van der Waals surface area contributed by atoms with Gasteiger partial charge in [0.2, 0.25) is 0 Å². The number of sulfonamides is 1. The van der Waals surface area contributed by atoms with Crippen molar-refractivity contribution in [1.29, 1.82) is 0 Å². The highest BCUT2D eigenvalue weighted by Crippen LogP contribution is 2.20. The molecule has 0 unspecified atom stereocenters. The Bertz CT molecular complexity index is 1310. The van der Waals surface area contributed by atoms with Gasteiger partial charge >= 0.3 is 0 Å². The highest BCUT2D eigenvalue weighted by Gasteiger charge is 2.15. The Balaban J connectivity index is 1.57. The molecule has 0 atom stereocenters. The van der Waals surface area contributed by atoms with E-state index < -0.39 is 15.9 Å². The maximum absolute atomic E-state index is 12.8. The van der Waals surface area contributed by atoms with Crippen LogP contribution in [-0.2, 0) is 14.8 Å². The topological polar surface area (TPSA) is 106 Å². The van der Waals surface area contributed by atoms with Gasteiger partial charge in [0.25, 0.3) is 15.9 Å². The van der Waals surface area contributed by atoms with Crippen molar-refractivity contribution in [3.05, 3.63) is 83.4 Å². The number of rotatable bonds is 10. The number of aryl methyl sites for hydroxylation is 2. The van der Waals surface area contributed by atoms with Crippen molar-refractivity contribution in [3.63, 3.8) is 0 Å². The van der Waals surface area contributed by atoms with Gasteiger partial charge in [0.1, 0.15) is 12.4 Å². The molecule has 0 fully saturated rings. The van der Waals surface area contributed by atoms with E-state index in [1.807, 2.05) is 26.8 Å². The average Bonchev–Trinajstić information content (AvgIpc) is 2.81. The summed E-state index contributed by atoms with van der Waals surface area (Å²) in [6, 6.07) is 18.3. The molecule has 3 N–H and O–H groups in total. The number of carbonyl (C=O) groups excluding carboxylic acids is 1. The van der Waals surface area contributed by atoms with Crippen LogP contribution in [0, 0.1) is 13.8 Å². The van der Waals surface area contributed by atoms with Gasteiger partial charge in [-0.2, -0.15) is 0 Å². The number of hydrogen-bond acceptors (Lipinski definition) is 6. The lowest BCUT2D eigenvalue weighted by Gasteiger charge is -2.12. The number of thiocarbonyl (C=S) groups is 1. The van der Waals surface area contributed by atoms with E-state index in [1.165, 1.54) is 12.1 Å². The minimum atomic E-state index is -3.76. The standard InChI is InChI=1S/C26H29N3O5S2/c1-4-33-12-13-34-23-7-5-6-20(17-23)25(30)28-26(35)27-21-8-10-24(11-9-21)36(31,32)29-22-15-18(2)14-19(3)16-22/h5-11,14-17,29H,4,12-13H2,1-3H3,(H2,27,28,30,35). The van der Waals surface area contributed by atoms with Crippen molar-refractivity contribution in [2.24, 2.45) is 0 Å². The summed E-state index contributed by atoms with van der Waals surface area (Å²) in [6.45, 7) is 7.16. The molecule has 3 aromatic carbocycles. The zero-order chi connectivity index (χ0) is 26.1. The average molecular weight is 528 g/mol. The van der Waals surface area contributed by atoms with Crippen molar-refractivity contribution >= 4 is 44.6 Å². The molecular formula is C26H29N3O5S2. The SMILES string of the molecule is CCOCCOc1cccc(C(=O)NC(=S)Nc2ccc(S(=O)(=O)Nc3cc(C)cc(C)c3)cc2)c1. The van der Waals surface area contributed by atoms with Crippen molar-refractivity contribution in [2.45, 2.75) is 25.7 Å². The highest BCUT2D eigenvalue weighted by atomic mass is 32.2. The first kappa shape index (κ1) is 27.1. The van der Waals surface area contributed by atoms with Gasteiger partial charge in [-0.15, -0.1) is 0 Å². The second kappa shape index (κ2) is 12.5. The lowest BCUT2D eigenvalue weighted by molar-refractivity contribution is 0.0976. The van der Waals surface area contributed by atoms with E-state index in [1.54, 1.807) is 48.5 Å². The van der Waals surface area contributed by atoms with E-state index in [2.05, 4.69) is 15.4 Å². The molecule has 3 rings (SSSR count). The number of benzene rings is 3. The van der Waals surface area contributed by atoms with E-state index in [9.17, 15) is 13.2 Å². The van der Waals surface area contributed by atoms with Crippen LogP contribution in [0.1, 0.15) is 28.4 Å². The fourth-order valence-corrected chi connectivity index (χ4v) is 4.64. The second-order valence-corrected chi connectivity index (χ2v) is 10.1. The van der Waals surface area contributed by atoms with Crippen molar-refractivity contribution < 1.29 is 22.7 Å². The summed E-state index contributed by atoms with van der Waals surface area (Å²) in [5.41, 5.74) is 3.33. The summed E-state index contributed by atoms with van der Waals surface area (Å²) in [6.07, 6.45) is 0. The number of nitrogens with one attached hydrogen (secondary N) is 3. The highest BCUT2D eigenvalue weighted by molar-refractivity contribution is 7.92. The van der Waals surface area contributed by atoms with Gasteiger partial charge in [-0.05, 0) is 98.7 Å². The van der Waals surface area contributed by atoms with Crippen LogP contribution in [0.2, 0.25) is 0 Å². The molecule has 0 saturated carbocycles. The van der Waals surface area contributed by atoms with Crippen LogP contribution in [0.25, 0.3) is 0 Å². The van der Waals surface area contributed by atoms with Gasteiger partial charge in [-0.1, -0.05) is 12.1 Å². The Labute approximate surface area is 217 Å². The minimum absolute atomic E-state index is 0.0756. The third kappa shape index (κ3) is 8.04. The molecule has 0 radical (unpaired) electrons. The molecular weight excluding hydrogens is 498 g/mol. The molecule has 10 heteroatoms. The molecule has 0 heterocycles. The van der Waals surface area contributed by atoms with Gasteiger partial charge < -0.3 is 14.8 Å².